The van der Waals surface area contributed by atoms with Crippen molar-refractivity contribution in [3.8, 4) is 0 Å². The zero-order valence-corrected chi connectivity index (χ0v) is 10.5. The van der Waals surface area contributed by atoms with Gasteiger partial charge in [0.15, 0.2) is 0 Å². The molecule has 1 aromatic carbocycles. The lowest BCUT2D eigenvalue weighted by Crippen LogP contribution is -2.23. The van der Waals surface area contributed by atoms with Crippen molar-refractivity contribution in [2.24, 2.45) is 0 Å². The number of esters is 1. The molecule has 1 rings (SSSR count). The first kappa shape index (κ1) is 12.8. The zero-order valence-electron chi connectivity index (χ0n) is 9.71. The summed E-state index contributed by atoms with van der Waals surface area (Å²) in [5.41, 5.74) is 0.735. The van der Waals surface area contributed by atoms with Crippen molar-refractivity contribution in [2.75, 3.05) is 0 Å². The molecule has 0 aliphatic rings. The molecule has 0 atom stereocenters. The number of halogens is 1. The second-order valence-electron chi connectivity index (χ2n) is 4.48. The van der Waals surface area contributed by atoms with E-state index in [0.29, 0.717) is 10.6 Å². The molecule has 0 saturated carbocycles. The summed E-state index contributed by atoms with van der Waals surface area (Å²) in [6.07, 6.45) is 1.64. The average molecular weight is 239 g/mol. The Morgan fingerprint density at radius 3 is 2.50 bits per heavy atom. The Balaban J connectivity index is 3.00. The molecule has 86 valence electrons. The van der Waals surface area contributed by atoms with Crippen molar-refractivity contribution < 1.29 is 9.53 Å². The van der Waals surface area contributed by atoms with Gasteiger partial charge in [-0.15, -0.1) is 0 Å². The van der Waals surface area contributed by atoms with Crippen molar-refractivity contribution in [3.05, 3.63) is 40.9 Å². The van der Waals surface area contributed by atoms with Gasteiger partial charge < -0.3 is 4.74 Å². The number of rotatable bonds is 2. The highest BCUT2D eigenvalue weighted by Gasteiger charge is 2.18. The smallest absolute Gasteiger partial charge is 0.338 e. The summed E-state index contributed by atoms with van der Waals surface area (Å²) in [7, 11) is 0. The molecule has 0 saturated heterocycles. The fourth-order valence-electron chi connectivity index (χ4n) is 1.19. The van der Waals surface area contributed by atoms with E-state index in [9.17, 15) is 4.79 Å². The maximum Gasteiger partial charge on any atom is 0.338 e. The van der Waals surface area contributed by atoms with E-state index >= 15 is 0 Å². The molecule has 0 bridgehead atoms. The summed E-state index contributed by atoms with van der Waals surface area (Å²) in [5, 5.41) is 0.498. The molecule has 0 N–H and O–H groups in total. The summed E-state index contributed by atoms with van der Waals surface area (Å²) < 4.78 is 5.25. The number of hydrogen-bond acceptors (Lipinski definition) is 2. The summed E-state index contributed by atoms with van der Waals surface area (Å²) in [6.45, 7) is 9.11. The lowest BCUT2D eigenvalue weighted by Gasteiger charge is -2.19. The Kier molecular flexibility index (Phi) is 3.76. The van der Waals surface area contributed by atoms with E-state index in [1.165, 1.54) is 0 Å². The van der Waals surface area contributed by atoms with Crippen LogP contribution in [0.25, 0.3) is 6.08 Å². The molecule has 3 heteroatoms. The second kappa shape index (κ2) is 4.71. The van der Waals surface area contributed by atoms with Crippen LogP contribution in [0.5, 0.6) is 0 Å². The fourth-order valence-corrected chi connectivity index (χ4v) is 1.43. The van der Waals surface area contributed by atoms with Gasteiger partial charge in [0, 0.05) is 5.02 Å². The van der Waals surface area contributed by atoms with Gasteiger partial charge in [-0.05, 0) is 44.5 Å². The Morgan fingerprint density at radius 1 is 1.38 bits per heavy atom. The maximum absolute atomic E-state index is 11.8. The minimum absolute atomic E-state index is 0.377. The molecule has 0 radical (unpaired) electrons. The third-order valence-electron chi connectivity index (χ3n) is 1.79. The van der Waals surface area contributed by atoms with Gasteiger partial charge in [-0.1, -0.05) is 24.3 Å². The van der Waals surface area contributed by atoms with E-state index in [4.69, 9.17) is 16.3 Å². The maximum atomic E-state index is 11.8. The number of carbonyl (C=O) groups excluding carboxylic acids is 1. The van der Waals surface area contributed by atoms with Gasteiger partial charge >= 0.3 is 5.97 Å². The second-order valence-corrected chi connectivity index (χ2v) is 4.92. The standard InChI is InChI=1S/C13H15ClO2/c1-5-9-6-10(8-11(14)7-9)12(15)16-13(2,3)4/h5-8H,1H2,2-4H3. The van der Waals surface area contributed by atoms with Gasteiger partial charge in [0.1, 0.15) is 5.60 Å². The molecule has 2 nitrogen and oxygen atoms in total. The van der Waals surface area contributed by atoms with Crippen molar-refractivity contribution in [3.63, 3.8) is 0 Å². The van der Waals surface area contributed by atoms with Crippen molar-refractivity contribution in [1.29, 1.82) is 0 Å². The van der Waals surface area contributed by atoms with Gasteiger partial charge in [0.25, 0.3) is 0 Å². The molecule has 1 aromatic rings. The summed E-state index contributed by atoms with van der Waals surface area (Å²) >= 11 is 5.89. The molecule has 0 amide bonds. The van der Waals surface area contributed by atoms with Gasteiger partial charge in [-0.25, -0.2) is 4.79 Å². The first-order valence-electron chi connectivity index (χ1n) is 4.98. The molecule has 0 unspecified atom stereocenters. The molecule has 0 aromatic heterocycles. The monoisotopic (exact) mass is 238 g/mol. The lowest BCUT2D eigenvalue weighted by atomic mass is 10.1. The Labute approximate surface area is 101 Å². The molecule has 16 heavy (non-hydrogen) atoms. The predicted octanol–water partition coefficient (Wildman–Crippen LogP) is 3.94. The van der Waals surface area contributed by atoms with Crippen LogP contribution < -0.4 is 0 Å². The lowest BCUT2D eigenvalue weighted by molar-refractivity contribution is 0.00695. The highest BCUT2D eigenvalue weighted by molar-refractivity contribution is 6.31. The van der Waals surface area contributed by atoms with Crippen LogP contribution in [0.3, 0.4) is 0 Å². The largest absolute Gasteiger partial charge is 0.456 e. The van der Waals surface area contributed by atoms with E-state index in [1.807, 2.05) is 20.8 Å². The van der Waals surface area contributed by atoms with Crippen LogP contribution >= 0.6 is 11.6 Å². The summed E-state index contributed by atoms with van der Waals surface area (Å²) in [4.78, 5) is 11.8. The molecule has 0 aliphatic heterocycles. The van der Waals surface area contributed by atoms with Crippen LogP contribution in [0, 0.1) is 0 Å². The van der Waals surface area contributed by atoms with Crippen LogP contribution in [-0.4, -0.2) is 11.6 Å². The predicted molar refractivity (Wildman–Crippen MR) is 66.7 cm³/mol. The third-order valence-corrected chi connectivity index (χ3v) is 2.01. The zero-order chi connectivity index (χ0) is 12.3. The van der Waals surface area contributed by atoms with Crippen LogP contribution in [-0.2, 0) is 4.74 Å². The topological polar surface area (TPSA) is 26.3 Å². The number of hydrogen-bond donors (Lipinski definition) is 0. The van der Waals surface area contributed by atoms with Crippen LogP contribution in [0.2, 0.25) is 5.02 Å². The van der Waals surface area contributed by atoms with Crippen molar-refractivity contribution in [2.45, 2.75) is 26.4 Å². The Bertz CT molecular complexity index is 416. The quantitative estimate of drug-likeness (QED) is 0.730. The minimum atomic E-state index is -0.506. The highest BCUT2D eigenvalue weighted by atomic mass is 35.5. The summed E-state index contributed by atoms with van der Waals surface area (Å²) in [6, 6.07) is 5.03. The number of carbonyl (C=O) groups is 1. The highest BCUT2D eigenvalue weighted by Crippen LogP contribution is 2.19. The normalized spacial score (nSPS) is 11.0. The van der Waals surface area contributed by atoms with Crippen molar-refractivity contribution >= 4 is 23.6 Å². The third kappa shape index (κ3) is 3.70. The molecule has 0 spiro atoms. The molecule has 0 fully saturated rings. The van der Waals surface area contributed by atoms with E-state index in [1.54, 1.807) is 24.3 Å². The van der Waals surface area contributed by atoms with Gasteiger partial charge in [0.2, 0.25) is 0 Å². The minimum Gasteiger partial charge on any atom is -0.456 e. The fraction of sp³-hybridized carbons (Fsp3) is 0.308. The Morgan fingerprint density at radius 2 is 2.00 bits per heavy atom. The van der Waals surface area contributed by atoms with E-state index < -0.39 is 5.60 Å². The summed E-state index contributed by atoms with van der Waals surface area (Å²) in [5.74, 6) is -0.377. The number of ether oxygens (including phenoxy) is 1. The first-order chi connectivity index (χ1) is 7.31. The average Bonchev–Trinajstić information content (AvgIpc) is 2.14. The van der Waals surface area contributed by atoms with E-state index in [-0.39, 0.29) is 5.97 Å². The number of benzene rings is 1. The van der Waals surface area contributed by atoms with Crippen LogP contribution in [0.1, 0.15) is 36.7 Å². The Hall–Kier alpha value is -1.28. The first-order valence-corrected chi connectivity index (χ1v) is 5.36. The van der Waals surface area contributed by atoms with Gasteiger partial charge in [-0.2, -0.15) is 0 Å². The van der Waals surface area contributed by atoms with E-state index in [2.05, 4.69) is 6.58 Å². The van der Waals surface area contributed by atoms with Crippen molar-refractivity contribution in [1.82, 2.24) is 0 Å². The molecular formula is C13H15ClO2. The van der Waals surface area contributed by atoms with E-state index in [0.717, 1.165) is 5.56 Å². The van der Waals surface area contributed by atoms with Crippen LogP contribution in [0.15, 0.2) is 24.8 Å². The molecule has 0 heterocycles. The SMILES string of the molecule is C=Cc1cc(Cl)cc(C(=O)OC(C)(C)C)c1. The van der Waals surface area contributed by atoms with Crippen LogP contribution in [0.4, 0.5) is 0 Å². The van der Waals surface area contributed by atoms with Gasteiger partial charge in [-0.3, -0.25) is 0 Å². The molecule has 0 aliphatic carbocycles. The molecular weight excluding hydrogens is 224 g/mol. The van der Waals surface area contributed by atoms with Gasteiger partial charge in [0.05, 0.1) is 5.56 Å².